The summed E-state index contributed by atoms with van der Waals surface area (Å²) in [6.07, 6.45) is 4.66. The lowest BCUT2D eigenvalue weighted by Crippen LogP contribution is -2.26. The van der Waals surface area contributed by atoms with Crippen molar-refractivity contribution in [3.63, 3.8) is 0 Å². The number of hydrogen-bond donors (Lipinski definition) is 1. The number of nitrogens with zero attached hydrogens (tertiary/aromatic N) is 1. The number of nitriles is 1. The Labute approximate surface area is 68.9 Å². The van der Waals surface area contributed by atoms with Gasteiger partial charge in [0.05, 0.1) is 6.07 Å². The quantitative estimate of drug-likeness (QED) is 0.465. The van der Waals surface area contributed by atoms with Crippen molar-refractivity contribution < 1.29 is 0 Å². The fourth-order valence-electron chi connectivity index (χ4n) is 0.844. The van der Waals surface area contributed by atoms with E-state index in [4.69, 9.17) is 5.26 Å². The first-order valence-corrected chi connectivity index (χ1v) is 4.02. The van der Waals surface area contributed by atoms with Crippen LogP contribution >= 0.6 is 0 Å². The molecule has 0 aromatic heterocycles. The first-order valence-electron chi connectivity index (χ1n) is 4.02. The van der Waals surface area contributed by atoms with Crippen LogP contribution in [0, 0.1) is 11.3 Å². The van der Waals surface area contributed by atoms with Crippen molar-refractivity contribution in [2.24, 2.45) is 0 Å². The highest BCUT2D eigenvalue weighted by atomic mass is 14.9. The minimum atomic E-state index is 0.501. The van der Waals surface area contributed by atoms with Crippen LogP contribution in [0.5, 0.6) is 0 Å². The van der Waals surface area contributed by atoms with Gasteiger partial charge in [-0.05, 0) is 19.8 Å². The summed E-state index contributed by atoms with van der Waals surface area (Å²) in [4.78, 5) is 0. The Morgan fingerprint density at radius 2 is 2.45 bits per heavy atom. The van der Waals surface area contributed by atoms with Crippen LogP contribution < -0.4 is 5.32 Å². The van der Waals surface area contributed by atoms with Crippen molar-refractivity contribution in [3.05, 3.63) is 12.7 Å². The third kappa shape index (κ3) is 7.08. The van der Waals surface area contributed by atoms with Crippen molar-refractivity contribution in [1.82, 2.24) is 5.32 Å². The molecule has 0 aromatic carbocycles. The standard InChI is InChI=1S/C9H16N2/c1-3-4-6-9(2)11-8-5-7-10/h3,9,11H,1,4-6,8H2,2H3. The monoisotopic (exact) mass is 152 g/mol. The third-order valence-electron chi connectivity index (χ3n) is 1.53. The molecule has 0 radical (unpaired) electrons. The molecular weight excluding hydrogens is 136 g/mol. The van der Waals surface area contributed by atoms with Gasteiger partial charge in [0.25, 0.3) is 0 Å². The van der Waals surface area contributed by atoms with Crippen LogP contribution in [0.2, 0.25) is 0 Å². The second-order valence-corrected chi connectivity index (χ2v) is 2.63. The Morgan fingerprint density at radius 3 is 3.00 bits per heavy atom. The highest BCUT2D eigenvalue weighted by Gasteiger charge is 1.97. The van der Waals surface area contributed by atoms with Gasteiger partial charge >= 0.3 is 0 Å². The predicted molar refractivity (Wildman–Crippen MR) is 47.1 cm³/mol. The predicted octanol–water partition coefficient (Wildman–Crippen LogP) is 1.84. The van der Waals surface area contributed by atoms with Crippen LogP contribution in [0.3, 0.4) is 0 Å². The van der Waals surface area contributed by atoms with E-state index < -0.39 is 0 Å². The van der Waals surface area contributed by atoms with Crippen LogP contribution in [0.25, 0.3) is 0 Å². The molecule has 0 fully saturated rings. The van der Waals surface area contributed by atoms with Crippen LogP contribution in [-0.2, 0) is 0 Å². The molecular formula is C9H16N2. The van der Waals surface area contributed by atoms with Gasteiger partial charge in [-0.3, -0.25) is 0 Å². The SMILES string of the molecule is C=CCCC(C)NCCC#N. The van der Waals surface area contributed by atoms with Crippen LogP contribution in [-0.4, -0.2) is 12.6 Å². The summed E-state index contributed by atoms with van der Waals surface area (Å²) in [7, 11) is 0. The van der Waals surface area contributed by atoms with Crippen LogP contribution in [0.4, 0.5) is 0 Å². The molecule has 0 aliphatic rings. The lowest BCUT2D eigenvalue weighted by molar-refractivity contribution is 0.525. The lowest BCUT2D eigenvalue weighted by Gasteiger charge is -2.10. The summed E-state index contributed by atoms with van der Waals surface area (Å²) in [5, 5.41) is 11.5. The van der Waals surface area contributed by atoms with Gasteiger partial charge in [0.2, 0.25) is 0 Å². The highest BCUT2D eigenvalue weighted by Crippen LogP contribution is 1.95. The van der Waals surface area contributed by atoms with Gasteiger partial charge in [-0.1, -0.05) is 6.08 Å². The fourth-order valence-corrected chi connectivity index (χ4v) is 0.844. The largest absolute Gasteiger partial charge is 0.313 e. The van der Waals surface area contributed by atoms with E-state index in [9.17, 15) is 0 Å². The Kier molecular flexibility index (Phi) is 6.76. The zero-order chi connectivity index (χ0) is 8.53. The van der Waals surface area contributed by atoms with Crippen LogP contribution in [0.15, 0.2) is 12.7 Å². The summed E-state index contributed by atoms with van der Waals surface area (Å²) in [6.45, 7) is 6.58. The van der Waals surface area contributed by atoms with Gasteiger partial charge in [0.15, 0.2) is 0 Å². The number of rotatable bonds is 6. The normalized spacial score (nSPS) is 12.0. The first kappa shape index (κ1) is 10.2. The zero-order valence-electron chi connectivity index (χ0n) is 7.14. The Hall–Kier alpha value is -0.810. The van der Waals surface area contributed by atoms with E-state index >= 15 is 0 Å². The molecule has 0 aliphatic heterocycles. The summed E-state index contributed by atoms with van der Waals surface area (Å²) >= 11 is 0. The summed E-state index contributed by atoms with van der Waals surface area (Å²) in [5.74, 6) is 0. The van der Waals surface area contributed by atoms with Gasteiger partial charge < -0.3 is 5.32 Å². The lowest BCUT2D eigenvalue weighted by atomic mass is 10.2. The Balaban J connectivity index is 3.16. The van der Waals surface area contributed by atoms with Gasteiger partial charge in [0.1, 0.15) is 0 Å². The molecule has 1 N–H and O–H groups in total. The topological polar surface area (TPSA) is 35.8 Å². The molecule has 1 atom stereocenters. The molecule has 62 valence electrons. The second-order valence-electron chi connectivity index (χ2n) is 2.63. The van der Waals surface area contributed by atoms with E-state index in [1.54, 1.807) is 0 Å². The second kappa shape index (κ2) is 7.30. The van der Waals surface area contributed by atoms with Crippen molar-refractivity contribution in [2.75, 3.05) is 6.54 Å². The number of nitrogens with one attached hydrogen (secondary N) is 1. The molecule has 0 bridgehead atoms. The van der Waals surface area contributed by atoms with E-state index in [1.807, 2.05) is 6.08 Å². The van der Waals surface area contributed by atoms with Gasteiger partial charge in [-0.2, -0.15) is 5.26 Å². The van der Waals surface area contributed by atoms with Crippen molar-refractivity contribution in [2.45, 2.75) is 32.2 Å². The molecule has 0 saturated heterocycles. The van der Waals surface area contributed by atoms with Gasteiger partial charge in [-0.15, -0.1) is 6.58 Å². The van der Waals surface area contributed by atoms with Crippen molar-refractivity contribution in [3.8, 4) is 6.07 Å². The van der Waals surface area contributed by atoms with E-state index in [0.29, 0.717) is 12.5 Å². The van der Waals surface area contributed by atoms with Crippen molar-refractivity contribution in [1.29, 1.82) is 5.26 Å². The highest BCUT2D eigenvalue weighted by molar-refractivity contribution is 4.74. The molecule has 0 amide bonds. The zero-order valence-corrected chi connectivity index (χ0v) is 7.14. The molecule has 0 rings (SSSR count). The van der Waals surface area contributed by atoms with E-state index in [0.717, 1.165) is 19.4 Å². The van der Waals surface area contributed by atoms with Crippen molar-refractivity contribution >= 4 is 0 Å². The molecule has 0 spiro atoms. The smallest absolute Gasteiger partial charge is 0.0635 e. The minimum Gasteiger partial charge on any atom is -0.313 e. The summed E-state index contributed by atoms with van der Waals surface area (Å²) < 4.78 is 0. The Bertz CT molecular complexity index is 135. The molecule has 11 heavy (non-hydrogen) atoms. The van der Waals surface area contributed by atoms with Gasteiger partial charge in [-0.25, -0.2) is 0 Å². The third-order valence-corrected chi connectivity index (χ3v) is 1.53. The number of hydrogen-bond acceptors (Lipinski definition) is 2. The molecule has 0 aliphatic carbocycles. The number of allylic oxidation sites excluding steroid dienone is 1. The van der Waals surface area contributed by atoms with E-state index in [1.165, 1.54) is 0 Å². The maximum Gasteiger partial charge on any atom is 0.0635 e. The van der Waals surface area contributed by atoms with Gasteiger partial charge in [0, 0.05) is 19.0 Å². The van der Waals surface area contributed by atoms with E-state index in [-0.39, 0.29) is 0 Å². The van der Waals surface area contributed by atoms with E-state index in [2.05, 4.69) is 24.9 Å². The molecule has 1 unspecified atom stereocenters. The molecule has 0 heterocycles. The molecule has 2 heteroatoms. The summed E-state index contributed by atoms with van der Waals surface area (Å²) in [6, 6.07) is 2.60. The maximum absolute atomic E-state index is 8.25. The first-order chi connectivity index (χ1) is 5.31. The average Bonchev–Trinajstić information content (AvgIpc) is 2.01. The summed E-state index contributed by atoms with van der Waals surface area (Å²) in [5.41, 5.74) is 0. The average molecular weight is 152 g/mol. The molecule has 0 saturated carbocycles. The minimum absolute atomic E-state index is 0.501. The molecule has 0 aromatic rings. The fraction of sp³-hybridized carbons (Fsp3) is 0.667. The maximum atomic E-state index is 8.25. The molecule has 2 nitrogen and oxygen atoms in total. The van der Waals surface area contributed by atoms with Crippen LogP contribution in [0.1, 0.15) is 26.2 Å². The Morgan fingerprint density at radius 1 is 1.73 bits per heavy atom.